The molecule has 2 rings (SSSR count). The van der Waals surface area contributed by atoms with E-state index in [1.807, 2.05) is 6.07 Å². The van der Waals surface area contributed by atoms with Gasteiger partial charge in [-0.3, -0.25) is 0 Å². The molecule has 0 spiro atoms. The van der Waals surface area contributed by atoms with E-state index in [0.29, 0.717) is 37.9 Å². The molecule has 0 saturated carbocycles. The van der Waals surface area contributed by atoms with Crippen molar-refractivity contribution in [3.8, 4) is 11.5 Å². The molecular formula is C18H28Cl2N3O3Zn-. The second-order valence-corrected chi connectivity index (χ2v) is 5.89. The number of hydrogen-bond acceptors (Lipinski definition) is 5. The third kappa shape index (κ3) is 8.83. The van der Waals surface area contributed by atoms with Crippen LogP contribution in [0.3, 0.4) is 0 Å². The van der Waals surface area contributed by atoms with Crippen LogP contribution in [0.4, 0.5) is 11.4 Å². The molecular weight excluding hydrogens is 443 g/mol. The minimum atomic E-state index is 0. The number of morpholine rings is 1. The van der Waals surface area contributed by atoms with Gasteiger partial charge in [-0.2, -0.15) is 0 Å². The molecule has 1 aliphatic rings. The fourth-order valence-corrected chi connectivity index (χ4v) is 2.55. The summed E-state index contributed by atoms with van der Waals surface area (Å²) in [6.45, 7) is 8.53. The van der Waals surface area contributed by atoms with Gasteiger partial charge in [-0.1, -0.05) is 26.7 Å². The van der Waals surface area contributed by atoms with Crippen molar-refractivity contribution in [2.75, 3.05) is 44.4 Å². The number of diazo groups is 1. The molecule has 1 aliphatic heterocycles. The molecule has 0 aromatic heterocycles. The summed E-state index contributed by atoms with van der Waals surface area (Å²) in [5, 5.41) is 9.33. The van der Waals surface area contributed by atoms with Gasteiger partial charge in [-0.25, -0.2) is 0 Å². The minimum Gasteiger partial charge on any atom is -1.00 e. The van der Waals surface area contributed by atoms with E-state index >= 15 is 0 Å². The SMILES string of the molecule is CCCCOc1cc(N2CCOCC2)c(OCCCC)cc1[N+]#N.[Cl-].[Cl-].[Zn]. The number of hydrogen-bond donors (Lipinski definition) is 0. The molecule has 1 saturated heterocycles. The largest absolute Gasteiger partial charge is 1.00 e. The molecule has 0 amide bonds. The summed E-state index contributed by atoms with van der Waals surface area (Å²) in [6, 6.07) is 3.69. The van der Waals surface area contributed by atoms with Crippen molar-refractivity contribution in [2.45, 2.75) is 39.5 Å². The number of rotatable bonds is 9. The number of ether oxygens (including phenoxy) is 3. The molecule has 27 heavy (non-hydrogen) atoms. The van der Waals surface area contributed by atoms with Gasteiger partial charge in [0.25, 0.3) is 0 Å². The first-order valence-electron chi connectivity index (χ1n) is 8.91. The molecule has 1 fully saturated rings. The maximum Gasteiger partial charge on any atom is 0.430 e. The number of anilines is 1. The van der Waals surface area contributed by atoms with Crippen molar-refractivity contribution in [3.05, 3.63) is 17.1 Å². The Kier molecular flexibility index (Phi) is 17.0. The van der Waals surface area contributed by atoms with E-state index in [2.05, 4.69) is 23.7 Å². The Balaban J connectivity index is 0. The Labute approximate surface area is 187 Å². The molecule has 0 atom stereocenters. The van der Waals surface area contributed by atoms with Crippen molar-refractivity contribution in [3.63, 3.8) is 0 Å². The Morgan fingerprint density at radius 2 is 1.56 bits per heavy atom. The first-order valence-corrected chi connectivity index (χ1v) is 8.91. The summed E-state index contributed by atoms with van der Waals surface area (Å²) in [6.07, 6.45) is 4.08. The van der Waals surface area contributed by atoms with Gasteiger partial charge < -0.3 is 43.9 Å². The standard InChI is InChI=1S/C18H28N3O3.2ClH.Zn/c1-3-5-9-23-17-14-16(21-7-11-22-12-8-21)18(13-15(17)20-19)24-10-6-4-2;;;/h13-14H,3-12H2,1-2H3;2*1H;/q+1;;;/p-2. The van der Waals surface area contributed by atoms with E-state index in [1.54, 1.807) is 6.07 Å². The zero-order valence-corrected chi connectivity index (χ0v) is 20.7. The normalized spacial score (nSPS) is 12.7. The van der Waals surface area contributed by atoms with Gasteiger partial charge in [-0.05, 0) is 12.8 Å². The number of halogens is 2. The van der Waals surface area contributed by atoms with Gasteiger partial charge in [0, 0.05) is 38.6 Å². The van der Waals surface area contributed by atoms with E-state index < -0.39 is 0 Å². The Morgan fingerprint density at radius 1 is 1.00 bits per heavy atom. The van der Waals surface area contributed by atoms with Crippen LogP contribution in [0.25, 0.3) is 4.98 Å². The van der Waals surface area contributed by atoms with E-state index in [1.165, 1.54) is 0 Å². The zero-order chi connectivity index (χ0) is 17.2. The molecule has 6 nitrogen and oxygen atoms in total. The van der Waals surface area contributed by atoms with Gasteiger partial charge in [0.05, 0.1) is 38.2 Å². The predicted octanol–water partition coefficient (Wildman–Crippen LogP) is -1.63. The maximum atomic E-state index is 9.33. The summed E-state index contributed by atoms with van der Waals surface area (Å²) >= 11 is 0. The quantitative estimate of drug-likeness (QED) is 0.246. The number of nitrogens with zero attached hydrogens (tertiary/aromatic N) is 3. The van der Waals surface area contributed by atoms with Crippen LogP contribution < -0.4 is 39.2 Å². The van der Waals surface area contributed by atoms with Crippen LogP contribution in [-0.2, 0) is 24.2 Å². The minimum absolute atomic E-state index is 0. The first kappa shape index (κ1) is 28.4. The van der Waals surface area contributed by atoms with E-state index in [-0.39, 0.29) is 44.3 Å². The molecule has 1 heterocycles. The number of benzene rings is 1. The monoisotopic (exact) mass is 468 g/mol. The topological polar surface area (TPSA) is 59.1 Å². The van der Waals surface area contributed by atoms with E-state index in [9.17, 15) is 5.39 Å². The van der Waals surface area contributed by atoms with Crippen molar-refractivity contribution >= 4 is 11.4 Å². The molecule has 150 valence electrons. The first-order chi connectivity index (χ1) is 11.8. The van der Waals surface area contributed by atoms with Crippen LogP contribution in [-0.4, -0.2) is 39.5 Å². The molecule has 9 heteroatoms. The van der Waals surface area contributed by atoms with Crippen LogP contribution in [0.15, 0.2) is 12.1 Å². The van der Waals surface area contributed by atoms with E-state index in [0.717, 1.165) is 50.2 Å². The molecule has 0 unspecified atom stereocenters. The zero-order valence-electron chi connectivity index (χ0n) is 16.3. The Morgan fingerprint density at radius 3 is 2.07 bits per heavy atom. The fourth-order valence-electron chi connectivity index (χ4n) is 2.55. The molecule has 1 aromatic rings. The molecule has 0 N–H and O–H groups in total. The second-order valence-electron chi connectivity index (χ2n) is 5.89. The van der Waals surface area contributed by atoms with Crippen LogP contribution in [0.5, 0.6) is 11.5 Å². The molecule has 1 aromatic carbocycles. The third-order valence-corrected chi connectivity index (χ3v) is 4.01. The van der Waals surface area contributed by atoms with E-state index in [4.69, 9.17) is 14.2 Å². The van der Waals surface area contributed by atoms with Crippen molar-refractivity contribution in [1.82, 2.24) is 0 Å². The molecule has 0 bridgehead atoms. The van der Waals surface area contributed by atoms with Crippen LogP contribution >= 0.6 is 0 Å². The summed E-state index contributed by atoms with van der Waals surface area (Å²) in [4.78, 5) is 5.61. The van der Waals surface area contributed by atoms with Crippen LogP contribution in [0.2, 0.25) is 0 Å². The van der Waals surface area contributed by atoms with Gasteiger partial charge in [-0.15, -0.1) is 0 Å². The molecule has 0 radical (unpaired) electrons. The summed E-state index contributed by atoms with van der Waals surface area (Å²) in [7, 11) is 0. The van der Waals surface area contributed by atoms with Gasteiger partial charge in [0.15, 0.2) is 10.7 Å². The summed E-state index contributed by atoms with van der Waals surface area (Å²) in [5.41, 5.74) is 1.39. The maximum absolute atomic E-state index is 9.33. The molecule has 0 aliphatic carbocycles. The summed E-state index contributed by atoms with van der Waals surface area (Å²) in [5.74, 6) is 1.33. The smallest absolute Gasteiger partial charge is 0.430 e. The second kappa shape index (κ2) is 16.2. The van der Waals surface area contributed by atoms with Crippen LogP contribution in [0, 0.1) is 5.39 Å². The van der Waals surface area contributed by atoms with Crippen molar-refractivity contribution in [2.24, 2.45) is 0 Å². The van der Waals surface area contributed by atoms with Gasteiger partial charge in [0.1, 0.15) is 0 Å². The van der Waals surface area contributed by atoms with Crippen molar-refractivity contribution in [1.29, 1.82) is 5.39 Å². The van der Waals surface area contributed by atoms with Crippen LogP contribution in [0.1, 0.15) is 39.5 Å². The van der Waals surface area contributed by atoms with Gasteiger partial charge >= 0.3 is 5.69 Å². The average molecular weight is 471 g/mol. The number of unbranched alkanes of at least 4 members (excludes halogenated alkanes) is 2. The summed E-state index contributed by atoms with van der Waals surface area (Å²) < 4.78 is 17.2. The average Bonchev–Trinajstić information content (AvgIpc) is 2.63. The van der Waals surface area contributed by atoms with Gasteiger partial charge in [0.2, 0.25) is 11.1 Å². The predicted molar refractivity (Wildman–Crippen MR) is 95.0 cm³/mol. The Hall–Kier alpha value is -0.797. The Bertz CT molecular complexity index is 568. The van der Waals surface area contributed by atoms with Crippen molar-refractivity contribution < 1.29 is 58.5 Å². The third-order valence-electron chi connectivity index (χ3n) is 4.01. The fraction of sp³-hybridized carbons (Fsp3) is 0.667.